The van der Waals surface area contributed by atoms with Gasteiger partial charge in [0, 0.05) is 18.3 Å². The molecular weight excluding hydrogens is 492 g/mol. The summed E-state index contributed by atoms with van der Waals surface area (Å²) in [5.74, 6) is 2.56. The van der Waals surface area contributed by atoms with Crippen LogP contribution in [0.4, 0.5) is 23.2 Å². The van der Waals surface area contributed by atoms with Gasteiger partial charge in [-0.3, -0.25) is 24.7 Å². The zero-order chi connectivity index (χ0) is 24.8. The number of anilines is 1. The molecule has 1 aromatic heterocycles. The molecule has 3 N–H and O–H groups in total. The fraction of sp³-hybridized carbons (Fsp3) is 0.158. The van der Waals surface area contributed by atoms with E-state index in [1.165, 1.54) is 30.6 Å². The Hall–Kier alpha value is -3.16. The van der Waals surface area contributed by atoms with Gasteiger partial charge in [-0.2, -0.15) is 13.2 Å². The molecule has 2 aromatic rings. The number of amides is 2. The second-order valence-corrected chi connectivity index (χ2v) is 7.53. The minimum Gasteiger partial charge on any atom is -0.453 e. The fourth-order valence-corrected chi connectivity index (χ4v) is 3.19. The average molecular weight is 507 g/mol. The van der Waals surface area contributed by atoms with Crippen molar-refractivity contribution in [1.82, 2.24) is 10.3 Å². The van der Waals surface area contributed by atoms with Crippen molar-refractivity contribution >= 4 is 47.2 Å². The molecule has 0 radical (unpaired) electrons. The number of thioether (sulfide) groups is 1. The number of nitrogens with zero attached hydrogens (tertiary/aromatic N) is 2. The second kappa shape index (κ2) is 11.1. The van der Waals surface area contributed by atoms with E-state index in [4.69, 9.17) is 22.2 Å². The van der Waals surface area contributed by atoms with E-state index in [0.717, 1.165) is 17.8 Å². The van der Waals surface area contributed by atoms with Gasteiger partial charge in [0.1, 0.15) is 28.1 Å². The van der Waals surface area contributed by atoms with Crippen LogP contribution in [0, 0.1) is 5.82 Å². The van der Waals surface area contributed by atoms with Crippen LogP contribution in [0.2, 0.25) is 5.02 Å². The van der Waals surface area contributed by atoms with Crippen LogP contribution < -0.4 is 20.9 Å². The molecule has 0 saturated heterocycles. The number of hydrogen-bond donors (Lipinski definition) is 2. The molecule has 0 saturated carbocycles. The van der Waals surface area contributed by atoms with Gasteiger partial charge < -0.3 is 4.74 Å². The van der Waals surface area contributed by atoms with Crippen LogP contribution >= 0.6 is 23.4 Å². The first-order valence-corrected chi connectivity index (χ1v) is 10.1. The van der Waals surface area contributed by atoms with E-state index in [-0.39, 0.29) is 50.6 Å². The molecule has 0 unspecified atom stereocenters. The number of allylic oxidation sites excluding steroid dienone is 1. The summed E-state index contributed by atoms with van der Waals surface area (Å²) < 4.78 is 60.4. The molecular formula is C19H15ClF4N4O4S. The number of carbonyl (C=O) groups excluding carboxylic acids is 3. The summed E-state index contributed by atoms with van der Waals surface area (Å²) >= 11 is 7.03. The molecule has 0 aliphatic heterocycles. The summed E-state index contributed by atoms with van der Waals surface area (Å²) in [5, 5.41) is 1.35. The first-order chi connectivity index (χ1) is 15.4. The lowest BCUT2D eigenvalue weighted by molar-refractivity contribution is -0.123. The summed E-state index contributed by atoms with van der Waals surface area (Å²) in [4.78, 5) is 37.1. The lowest BCUT2D eigenvalue weighted by Crippen LogP contribution is -2.39. The zero-order valence-electron chi connectivity index (χ0n) is 16.7. The van der Waals surface area contributed by atoms with Crippen molar-refractivity contribution in [1.29, 1.82) is 0 Å². The van der Waals surface area contributed by atoms with Crippen LogP contribution in [0.25, 0.3) is 0 Å². The third-order valence-corrected chi connectivity index (χ3v) is 5.07. The predicted octanol–water partition coefficient (Wildman–Crippen LogP) is 3.75. The fourth-order valence-electron chi connectivity index (χ4n) is 2.27. The number of hydrazine groups is 1. The molecule has 2 amide bonds. The van der Waals surface area contributed by atoms with Crippen LogP contribution in [-0.2, 0) is 14.4 Å². The van der Waals surface area contributed by atoms with Gasteiger partial charge in [0.15, 0.2) is 5.75 Å². The van der Waals surface area contributed by atoms with Crippen molar-refractivity contribution < 1.29 is 36.7 Å². The smallest absolute Gasteiger partial charge is 0.433 e. The zero-order valence-corrected chi connectivity index (χ0v) is 18.2. The van der Waals surface area contributed by atoms with Gasteiger partial charge in [-0.05, 0) is 25.1 Å². The van der Waals surface area contributed by atoms with Gasteiger partial charge in [0.2, 0.25) is 6.41 Å². The highest BCUT2D eigenvalue weighted by atomic mass is 35.5. The Balaban J connectivity index is 2.47. The molecule has 0 spiro atoms. The molecule has 0 fully saturated rings. The molecule has 0 aliphatic rings. The lowest BCUT2D eigenvalue weighted by Gasteiger charge is -2.25. The van der Waals surface area contributed by atoms with Crippen molar-refractivity contribution in [3.63, 3.8) is 0 Å². The Morgan fingerprint density at radius 1 is 1.33 bits per heavy atom. The number of ether oxygens (including phenoxy) is 1. The summed E-state index contributed by atoms with van der Waals surface area (Å²) in [5.41, 5.74) is -2.60. The quantitative estimate of drug-likeness (QED) is 0.132. The molecule has 1 aromatic carbocycles. The normalized spacial score (nSPS) is 11.7. The van der Waals surface area contributed by atoms with E-state index in [1.807, 2.05) is 0 Å². The Morgan fingerprint density at radius 3 is 2.64 bits per heavy atom. The number of halogens is 5. The summed E-state index contributed by atoms with van der Waals surface area (Å²) in [7, 11) is 0. The van der Waals surface area contributed by atoms with Crippen LogP contribution in [-0.4, -0.2) is 35.0 Å². The van der Waals surface area contributed by atoms with E-state index < -0.39 is 29.3 Å². The highest BCUT2D eigenvalue weighted by Gasteiger charge is 2.39. The maximum atomic E-state index is 14.5. The van der Waals surface area contributed by atoms with Crippen molar-refractivity contribution in [2.45, 2.75) is 18.1 Å². The number of alkyl halides is 3. The summed E-state index contributed by atoms with van der Waals surface area (Å²) in [6.07, 6.45) is -3.90. The minimum absolute atomic E-state index is 0.0133. The molecule has 33 heavy (non-hydrogen) atoms. The number of hydrogen-bond acceptors (Lipinski definition) is 8. The molecule has 2 rings (SSSR count). The highest BCUT2D eigenvalue weighted by Crippen LogP contribution is 2.39. The number of ketones is 1. The first-order valence-electron chi connectivity index (χ1n) is 8.76. The number of aromatic nitrogens is 1. The third-order valence-electron chi connectivity index (χ3n) is 3.65. The van der Waals surface area contributed by atoms with Gasteiger partial charge in [-0.1, -0.05) is 23.4 Å². The summed E-state index contributed by atoms with van der Waals surface area (Å²) in [6.45, 7) is 1.37. The number of benzene rings is 1. The van der Waals surface area contributed by atoms with E-state index >= 15 is 0 Å². The maximum Gasteiger partial charge on any atom is 0.433 e. The molecule has 0 aliphatic carbocycles. The maximum absolute atomic E-state index is 14.5. The number of pyridine rings is 1. The number of Topliss-reactive ketones (excluding diaryl/α,β-unsaturated/α-hetero) is 1. The minimum atomic E-state index is -5.19. The van der Waals surface area contributed by atoms with Gasteiger partial charge in [-0.15, -0.1) is 0 Å². The SMILES string of the molecule is CC(=O)CSc1ncccc1Oc1cc(N(N)/C(=C\C(=O)NC=O)C(F)(F)F)c(F)cc1Cl. The van der Waals surface area contributed by atoms with Crippen molar-refractivity contribution in [3.05, 3.63) is 53.1 Å². The van der Waals surface area contributed by atoms with Crippen LogP contribution in [0.3, 0.4) is 0 Å². The second-order valence-electron chi connectivity index (χ2n) is 6.16. The van der Waals surface area contributed by atoms with E-state index in [1.54, 1.807) is 0 Å². The Bertz CT molecular complexity index is 1100. The predicted molar refractivity (Wildman–Crippen MR) is 112 cm³/mol. The van der Waals surface area contributed by atoms with Gasteiger partial charge in [-0.25, -0.2) is 15.2 Å². The topological polar surface area (TPSA) is 115 Å². The Morgan fingerprint density at radius 2 is 2.03 bits per heavy atom. The third kappa shape index (κ3) is 7.17. The van der Waals surface area contributed by atoms with Gasteiger partial charge in [0.25, 0.3) is 5.91 Å². The van der Waals surface area contributed by atoms with Crippen molar-refractivity contribution in [3.8, 4) is 11.5 Å². The van der Waals surface area contributed by atoms with Crippen molar-refractivity contribution in [2.75, 3.05) is 10.8 Å². The van der Waals surface area contributed by atoms with Crippen molar-refractivity contribution in [2.24, 2.45) is 5.84 Å². The Kier molecular flexibility index (Phi) is 8.79. The number of rotatable bonds is 9. The lowest BCUT2D eigenvalue weighted by atomic mass is 10.2. The van der Waals surface area contributed by atoms with E-state index in [2.05, 4.69) is 4.98 Å². The average Bonchev–Trinajstić information content (AvgIpc) is 2.72. The molecule has 176 valence electrons. The first kappa shape index (κ1) is 26.1. The molecule has 1 heterocycles. The van der Waals surface area contributed by atoms with Gasteiger partial charge in [0.05, 0.1) is 16.5 Å². The Labute approximate surface area is 193 Å². The van der Waals surface area contributed by atoms with Crippen LogP contribution in [0.15, 0.2) is 47.3 Å². The van der Waals surface area contributed by atoms with Gasteiger partial charge >= 0.3 is 6.18 Å². The largest absolute Gasteiger partial charge is 0.453 e. The molecule has 0 bridgehead atoms. The van der Waals surface area contributed by atoms with Crippen LogP contribution in [0.5, 0.6) is 11.5 Å². The number of nitrogens with two attached hydrogens (primary N) is 1. The number of carbonyl (C=O) groups is 3. The molecule has 8 nitrogen and oxygen atoms in total. The molecule has 14 heteroatoms. The van der Waals surface area contributed by atoms with E-state index in [0.29, 0.717) is 6.07 Å². The molecule has 0 atom stereocenters. The monoisotopic (exact) mass is 506 g/mol. The number of nitrogens with one attached hydrogen (secondary N) is 1. The summed E-state index contributed by atoms with van der Waals surface area (Å²) in [6, 6.07) is 4.42. The number of imide groups is 1. The highest BCUT2D eigenvalue weighted by molar-refractivity contribution is 8.00. The van der Waals surface area contributed by atoms with Crippen LogP contribution in [0.1, 0.15) is 6.92 Å². The standard InChI is InChI=1S/C19H15ClF4N4O4S/c1-10(30)8-33-18-14(3-2-4-26-18)32-15-6-13(12(21)5-11(15)20)28(25)16(19(22,23)24)7-17(31)27-9-29/h2-7,9H,8,25H2,1H3,(H,27,29,31)/b16-7-. The van der Waals surface area contributed by atoms with E-state index in [9.17, 15) is 31.9 Å².